The van der Waals surface area contributed by atoms with Crippen LogP contribution in [-0.4, -0.2) is 9.78 Å². The van der Waals surface area contributed by atoms with Gasteiger partial charge in [-0.25, -0.2) is 0 Å². The fourth-order valence-electron chi connectivity index (χ4n) is 1.77. The summed E-state index contributed by atoms with van der Waals surface area (Å²) in [6, 6.07) is 0.165. The Bertz CT molecular complexity index is 317. The molecule has 1 fully saturated rings. The maximum Gasteiger partial charge on any atom is 0.0696 e. The van der Waals surface area contributed by atoms with Crippen molar-refractivity contribution in [3.05, 3.63) is 16.4 Å². The molecule has 1 saturated carbocycles. The van der Waals surface area contributed by atoms with E-state index in [1.54, 1.807) is 0 Å². The predicted octanol–water partition coefficient (Wildman–Crippen LogP) is 2.47. The summed E-state index contributed by atoms with van der Waals surface area (Å²) < 4.78 is 3.10. The Balaban J connectivity index is 2.23. The van der Waals surface area contributed by atoms with Crippen LogP contribution in [-0.2, 0) is 6.54 Å². The first-order valence-electron chi connectivity index (χ1n) is 5.20. The van der Waals surface area contributed by atoms with E-state index in [0.29, 0.717) is 5.92 Å². The molecular weight excluding hydrogens is 242 g/mol. The van der Waals surface area contributed by atoms with Crippen molar-refractivity contribution in [1.82, 2.24) is 9.78 Å². The van der Waals surface area contributed by atoms with Crippen molar-refractivity contribution in [1.29, 1.82) is 0 Å². The van der Waals surface area contributed by atoms with Crippen molar-refractivity contribution in [3.63, 3.8) is 0 Å². The first kappa shape index (κ1) is 10.2. The van der Waals surface area contributed by atoms with E-state index in [1.807, 2.05) is 10.9 Å². The summed E-state index contributed by atoms with van der Waals surface area (Å²) in [6.07, 6.45) is 5.49. The molecule has 4 heteroatoms. The molecule has 1 aromatic heterocycles. The highest BCUT2D eigenvalue weighted by Gasteiger charge is 2.32. The number of halogens is 1. The zero-order valence-corrected chi connectivity index (χ0v) is 10.00. The standard InChI is InChI=1S/C10H16BrN3/c1-2-5-14-10(8(11)6-13-14)9(12)7-3-4-7/h6-7,9H,2-5,12H2,1H3. The zero-order chi connectivity index (χ0) is 10.1. The van der Waals surface area contributed by atoms with E-state index >= 15 is 0 Å². The van der Waals surface area contributed by atoms with Gasteiger partial charge in [-0.15, -0.1) is 0 Å². The summed E-state index contributed by atoms with van der Waals surface area (Å²) in [6.45, 7) is 3.11. The SMILES string of the molecule is CCCn1ncc(Br)c1C(N)C1CC1. The van der Waals surface area contributed by atoms with Gasteiger partial charge < -0.3 is 5.73 Å². The number of rotatable bonds is 4. The lowest BCUT2D eigenvalue weighted by molar-refractivity contribution is 0.512. The van der Waals surface area contributed by atoms with Gasteiger partial charge in [-0.2, -0.15) is 5.10 Å². The van der Waals surface area contributed by atoms with Crippen LogP contribution in [0.25, 0.3) is 0 Å². The fraction of sp³-hybridized carbons (Fsp3) is 0.700. The van der Waals surface area contributed by atoms with Crippen LogP contribution in [0.3, 0.4) is 0 Å². The molecule has 3 nitrogen and oxygen atoms in total. The quantitative estimate of drug-likeness (QED) is 0.901. The van der Waals surface area contributed by atoms with Crippen LogP contribution < -0.4 is 5.73 Å². The average Bonchev–Trinajstić information content (AvgIpc) is 2.93. The van der Waals surface area contributed by atoms with E-state index < -0.39 is 0 Å². The van der Waals surface area contributed by atoms with Gasteiger partial charge in [0.15, 0.2) is 0 Å². The normalized spacial score (nSPS) is 18.5. The zero-order valence-electron chi connectivity index (χ0n) is 8.41. The molecule has 78 valence electrons. The van der Waals surface area contributed by atoms with Crippen LogP contribution in [0.15, 0.2) is 10.7 Å². The molecule has 1 aliphatic carbocycles. The van der Waals surface area contributed by atoms with Crippen molar-refractivity contribution in [2.24, 2.45) is 11.7 Å². The number of hydrogen-bond acceptors (Lipinski definition) is 2. The second-order valence-electron chi connectivity index (χ2n) is 3.96. The minimum absolute atomic E-state index is 0.165. The molecule has 14 heavy (non-hydrogen) atoms. The van der Waals surface area contributed by atoms with Crippen molar-refractivity contribution >= 4 is 15.9 Å². The number of aryl methyl sites for hydroxylation is 1. The third-order valence-corrected chi connectivity index (χ3v) is 3.33. The van der Waals surface area contributed by atoms with Gasteiger partial charge in [0.2, 0.25) is 0 Å². The number of nitrogens with zero attached hydrogens (tertiary/aromatic N) is 2. The first-order chi connectivity index (χ1) is 6.74. The Morgan fingerprint density at radius 3 is 3.00 bits per heavy atom. The Hall–Kier alpha value is -0.350. The minimum atomic E-state index is 0.165. The third kappa shape index (κ3) is 1.86. The fourth-order valence-corrected chi connectivity index (χ4v) is 2.33. The molecule has 2 rings (SSSR count). The van der Waals surface area contributed by atoms with Crippen LogP contribution in [0.5, 0.6) is 0 Å². The first-order valence-corrected chi connectivity index (χ1v) is 6.00. The summed E-state index contributed by atoms with van der Waals surface area (Å²) in [7, 11) is 0. The van der Waals surface area contributed by atoms with Gasteiger partial charge in [-0.1, -0.05) is 6.92 Å². The van der Waals surface area contributed by atoms with Crippen molar-refractivity contribution in [3.8, 4) is 0 Å². The van der Waals surface area contributed by atoms with Gasteiger partial charge in [0, 0.05) is 6.54 Å². The largest absolute Gasteiger partial charge is 0.322 e. The molecule has 1 heterocycles. The Kier molecular flexibility index (Phi) is 2.93. The molecule has 2 N–H and O–H groups in total. The smallest absolute Gasteiger partial charge is 0.0696 e. The van der Waals surface area contributed by atoms with Gasteiger partial charge in [-0.05, 0) is 41.1 Å². The highest BCUT2D eigenvalue weighted by Crippen LogP contribution is 2.41. The average molecular weight is 258 g/mol. The molecule has 1 aromatic rings. The molecule has 0 saturated heterocycles. The summed E-state index contributed by atoms with van der Waals surface area (Å²) in [5.74, 6) is 0.679. The summed E-state index contributed by atoms with van der Waals surface area (Å²) in [5.41, 5.74) is 7.36. The topological polar surface area (TPSA) is 43.8 Å². The van der Waals surface area contributed by atoms with Gasteiger partial charge in [-0.3, -0.25) is 4.68 Å². The van der Waals surface area contributed by atoms with Gasteiger partial charge in [0.05, 0.1) is 22.4 Å². The number of aromatic nitrogens is 2. The second kappa shape index (κ2) is 4.03. The monoisotopic (exact) mass is 257 g/mol. The van der Waals surface area contributed by atoms with E-state index in [2.05, 4.69) is 28.0 Å². The molecule has 0 bridgehead atoms. The maximum absolute atomic E-state index is 6.19. The number of nitrogens with two attached hydrogens (primary N) is 1. The van der Waals surface area contributed by atoms with Crippen molar-refractivity contribution < 1.29 is 0 Å². The van der Waals surface area contributed by atoms with E-state index in [-0.39, 0.29) is 6.04 Å². The molecular formula is C10H16BrN3. The Labute approximate surface area is 92.8 Å². The Morgan fingerprint density at radius 1 is 1.71 bits per heavy atom. The molecule has 0 aliphatic heterocycles. The Morgan fingerprint density at radius 2 is 2.43 bits per heavy atom. The van der Waals surface area contributed by atoms with Gasteiger partial charge in [0.1, 0.15) is 0 Å². The highest BCUT2D eigenvalue weighted by molar-refractivity contribution is 9.10. The van der Waals surface area contributed by atoms with E-state index in [1.165, 1.54) is 18.5 Å². The van der Waals surface area contributed by atoms with Gasteiger partial charge in [0.25, 0.3) is 0 Å². The predicted molar refractivity (Wildman–Crippen MR) is 59.9 cm³/mol. The van der Waals surface area contributed by atoms with Crippen LogP contribution in [0.1, 0.15) is 37.9 Å². The minimum Gasteiger partial charge on any atom is -0.322 e. The molecule has 0 radical (unpaired) electrons. The lowest BCUT2D eigenvalue weighted by atomic mass is 10.1. The van der Waals surface area contributed by atoms with Crippen LogP contribution >= 0.6 is 15.9 Å². The van der Waals surface area contributed by atoms with Crippen molar-refractivity contribution in [2.75, 3.05) is 0 Å². The summed E-state index contributed by atoms with van der Waals surface area (Å²) in [5, 5.41) is 4.33. The lowest BCUT2D eigenvalue weighted by Crippen LogP contribution is -2.18. The van der Waals surface area contributed by atoms with Gasteiger partial charge >= 0.3 is 0 Å². The van der Waals surface area contributed by atoms with Crippen molar-refractivity contribution in [2.45, 2.75) is 38.8 Å². The molecule has 0 spiro atoms. The maximum atomic E-state index is 6.19. The van der Waals surface area contributed by atoms with E-state index in [0.717, 1.165) is 17.4 Å². The third-order valence-electron chi connectivity index (χ3n) is 2.71. The van der Waals surface area contributed by atoms with Crippen LogP contribution in [0.2, 0.25) is 0 Å². The van der Waals surface area contributed by atoms with Crippen LogP contribution in [0, 0.1) is 5.92 Å². The molecule has 0 amide bonds. The highest BCUT2D eigenvalue weighted by atomic mass is 79.9. The summed E-state index contributed by atoms with van der Waals surface area (Å²) in [4.78, 5) is 0. The molecule has 1 aliphatic rings. The lowest BCUT2D eigenvalue weighted by Gasteiger charge is -2.13. The van der Waals surface area contributed by atoms with E-state index in [9.17, 15) is 0 Å². The molecule has 1 unspecified atom stereocenters. The van der Waals surface area contributed by atoms with E-state index in [4.69, 9.17) is 5.73 Å². The molecule has 1 atom stereocenters. The number of hydrogen-bond donors (Lipinski definition) is 1. The second-order valence-corrected chi connectivity index (χ2v) is 4.82. The summed E-state index contributed by atoms with van der Waals surface area (Å²) >= 11 is 3.52. The van der Waals surface area contributed by atoms with Crippen LogP contribution in [0.4, 0.5) is 0 Å². The molecule has 0 aromatic carbocycles.